The summed E-state index contributed by atoms with van der Waals surface area (Å²) in [5.74, 6) is 0. The minimum atomic E-state index is 0. The van der Waals surface area contributed by atoms with Gasteiger partial charge in [-0.3, -0.25) is 0 Å². The van der Waals surface area contributed by atoms with Crippen molar-refractivity contribution in [2.24, 2.45) is 0 Å². The molecule has 0 saturated carbocycles. The first-order valence-electron chi connectivity index (χ1n) is 0. The van der Waals surface area contributed by atoms with Crippen molar-refractivity contribution in [1.82, 2.24) is 0 Å². The molecule has 0 aromatic rings. The largest absolute Gasteiger partial charge is 0.107 e. The van der Waals surface area contributed by atoms with E-state index in [0.29, 0.717) is 0 Å². The SMILES string of the molecule is I.I.[Au].[Cu]. The smallest absolute Gasteiger partial charge is 0 e. The maximum atomic E-state index is 0. The van der Waals surface area contributed by atoms with Crippen molar-refractivity contribution in [3.63, 3.8) is 0 Å². The second-order valence-corrected chi connectivity index (χ2v) is 0. The molecule has 0 heterocycles. The molecule has 0 saturated heterocycles. The van der Waals surface area contributed by atoms with Crippen LogP contribution in [0.5, 0.6) is 0 Å². The molecule has 0 amide bonds. The fourth-order valence-electron chi connectivity index (χ4n) is 0. The molecule has 38 valence electrons. The summed E-state index contributed by atoms with van der Waals surface area (Å²) in [4.78, 5) is 0. The summed E-state index contributed by atoms with van der Waals surface area (Å²) in [6, 6.07) is 0. The Balaban J connectivity index is 0. The first-order chi connectivity index (χ1) is 0. The van der Waals surface area contributed by atoms with Gasteiger partial charge in [-0.15, -0.1) is 48.0 Å². The van der Waals surface area contributed by atoms with E-state index < -0.39 is 0 Å². The molecule has 0 nitrogen and oxygen atoms in total. The maximum absolute atomic E-state index is 0. The van der Waals surface area contributed by atoms with Gasteiger partial charge in [0.1, 0.15) is 0 Å². The van der Waals surface area contributed by atoms with Gasteiger partial charge in [-0.1, -0.05) is 0 Å². The van der Waals surface area contributed by atoms with Crippen LogP contribution in [0.25, 0.3) is 0 Å². The summed E-state index contributed by atoms with van der Waals surface area (Å²) < 4.78 is 0. The molecule has 0 unspecified atom stereocenters. The summed E-state index contributed by atoms with van der Waals surface area (Å²) in [7, 11) is 0. The van der Waals surface area contributed by atoms with Gasteiger partial charge in [0, 0.05) is 39.4 Å². The van der Waals surface area contributed by atoms with Gasteiger partial charge in [0.2, 0.25) is 0 Å². The Bertz CT molecular complexity index is 6.00. The van der Waals surface area contributed by atoms with Crippen LogP contribution in [-0.2, 0) is 39.4 Å². The first-order valence-corrected chi connectivity index (χ1v) is 0. The summed E-state index contributed by atoms with van der Waals surface area (Å²) in [5.41, 5.74) is 0. The van der Waals surface area contributed by atoms with Crippen LogP contribution in [0.15, 0.2) is 0 Å². The molecule has 0 spiro atoms. The van der Waals surface area contributed by atoms with E-state index >= 15 is 0 Å². The summed E-state index contributed by atoms with van der Waals surface area (Å²) in [5, 5.41) is 0. The van der Waals surface area contributed by atoms with E-state index in [0.717, 1.165) is 0 Å². The molecule has 0 bridgehead atoms. The van der Waals surface area contributed by atoms with Gasteiger partial charge in [0.05, 0.1) is 0 Å². The fourth-order valence-corrected chi connectivity index (χ4v) is 0. The Morgan fingerprint density at radius 3 is 0.750 bits per heavy atom. The molecule has 0 aliphatic carbocycles. The Morgan fingerprint density at radius 2 is 0.750 bits per heavy atom. The number of rotatable bonds is 0. The summed E-state index contributed by atoms with van der Waals surface area (Å²) in [6.07, 6.45) is 0. The average Bonchev–Trinajstić information content (AvgIpc) is 0. The Labute approximate surface area is 85.9 Å². The van der Waals surface area contributed by atoms with Crippen LogP contribution in [0.3, 0.4) is 0 Å². The van der Waals surface area contributed by atoms with Gasteiger partial charge in [-0.25, -0.2) is 0 Å². The molecular formula is H2AuCuI2. The van der Waals surface area contributed by atoms with E-state index in [-0.39, 0.29) is 87.4 Å². The zero-order valence-corrected chi connectivity index (χ0v) is 9.19. The van der Waals surface area contributed by atoms with Crippen molar-refractivity contribution in [2.75, 3.05) is 0 Å². The minimum Gasteiger partial charge on any atom is -0.107 e. The number of hydrogen-bond donors (Lipinski definition) is 0. The third-order valence-electron chi connectivity index (χ3n) is 0. The normalized spacial score (nSPS) is 0. The van der Waals surface area contributed by atoms with Gasteiger partial charge in [0.25, 0.3) is 0 Å². The Morgan fingerprint density at radius 1 is 0.750 bits per heavy atom. The molecule has 0 aliphatic rings. The van der Waals surface area contributed by atoms with Gasteiger partial charge >= 0.3 is 0 Å². The van der Waals surface area contributed by atoms with Crippen molar-refractivity contribution in [1.29, 1.82) is 0 Å². The van der Waals surface area contributed by atoms with Crippen molar-refractivity contribution in [2.45, 2.75) is 0 Å². The van der Waals surface area contributed by atoms with Crippen LogP contribution >= 0.6 is 48.0 Å². The maximum Gasteiger partial charge on any atom is 0 e. The van der Waals surface area contributed by atoms with E-state index in [2.05, 4.69) is 0 Å². The molecular weight excluding hydrogens is 514 g/mol. The second-order valence-electron chi connectivity index (χ2n) is 0. The predicted octanol–water partition coefficient (Wildman–Crippen LogP) is 1.23. The van der Waals surface area contributed by atoms with Crippen LogP contribution in [0.1, 0.15) is 0 Å². The molecule has 0 atom stereocenters. The van der Waals surface area contributed by atoms with Gasteiger partial charge < -0.3 is 0 Å². The molecule has 0 rings (SSSR count). The van der Waals surface area contributed by atoms with Crippen LogP contribution in [0.4, 0.5) is 0 Å². The van der Waals surface area contributed by atoms with E-state index in [1.165, 1.54) is 0 Å². The van der Waals surface area contributed by atoms with Crippen molar-refractivity contribution >= 4 is 48.0 Å². The van der Waals surface area contributed by atoms with E-state index in [9.17, 15) is 0 Å². The molecule has 4 heavy (non-hydrogen) atoms. The monoisotopic (exact) mass is 516 g/mol. The van der Waals surface area contributed by atoms with Crippen LogP contribution < -0.4 is 0 Å². The molecule has 0 N–H and O–H groups in total. The van der Waals surface area contributed by atoms with Gasteiger partial charge in [0.15, 0.2) is 0 Å². The van der Waals surface area contributed by atoms with E-state index in [1.807, 2.05) is 0 Å². The molecule has 4 heteroatoms. The predicted molar refractivity (Wildman–Crippen MR) is 30.8 cm³/mol. The molecule has 2 radical (unpaired) electrons. The average molecular weight is 516 g/mol. The van der Waals surface area contributed by atoms with Crippen molar-refractivity contribution in [3.8, 4) is 0 Å². The van der Waals surface area contributed by atoms with Crippen molar-refractivity contribution in [3.05, 3.63) is 0 Å². The molecule has 0 aliphatic heterocycles. The van der Waals surface area contributed by atoms with Crippen molar-refractivity contribution < 1.29 is 39.4 Å². The van der Waals surface area contributed by atoms with E-state index in [1.54, 1.807) is 0 Å². The third kappa shape index (κ3) is 8.83. The first kappa shape index (κ1) is 29.7. The van der Waals surface area contributed by atoms with Crippen LogP contribution in [0.2, 0.25) is 0 Å². The quantitative estimate of drug-likeness (QED) is 0.336. The molecule has 0 fully saturated rings. The second kappa shape index (κ2) is 17.2. The fraction of sp³-hybridized carbons (Fsp3) is 0. The minimum absolute atomic E-state index is 0. The zero-order chi connectivity index (χ0) is 0. The summed E-state index contributed by atoms with van der Waals surface area (Å²) in [6.45, 7) is 0. The summed E-state index contributed by atoms with van der Waals surface area (Å²) >= 11 is 0. The topological polar surface area (TPSA) is 0 Å². The zero-order valence-electron chi connectivity index (χ0n) is 1.42. The molecule has 0 aromatic heterocycles. The Hall–Kier alpha value is 2.72. The van der Waals surface area contributed by atoms with E-state index in [4.69, 9.17) is 0 Å². The van der Waals surface area contributed by atoms with Crippen LogP contribution in [-0.4, -0.2) is 0 Å². The van der Waals surface area contributed by atoms with Gasteiger partial charge in [-0.2, -0.15) is 0 Å². The third-order valence-corrected chi connectivity index (χ3v) is 0. The Kier molecular flexibility index (Phi) is 128. The number of halogens is 2. The van der Waals surface area contributed by atoms with Gasteiger partial charge in [-0.05, 0) is 0 Å². The molecule has 0 aromatic carbocycles. The number of hydrogen-bond acceptors (Lipinski definition) is 0. The van der Waals surface area contributed by atoms with Crippen LogP contribution in [0, 0.1) is 0 Å². The standard InChI is InChI=1S/Au.Cu.2HI/h;;2*1H.